The van der Waals surface area contributed by atoms with Crippen molar-refractivity contribution >= 4 is 34.5 Å². The number of benzene rings is 1. The number of carboxylic acids is 1. The smallest absolute Gasteiger partial charge is 0.352 e. The van der Waals surface area contributed by atoms with Crippen molar-refractivity contribution in [3.8, 4) is 5.75 Å². The molecule has 2 aliphatic heterocycles. The number of β-lactam (4-membered cyclic amide) rings is 1. The summed E-state index contributed by atoms with van der Waals surface area (Å²) in [5.41, 5.74) is 1.20. The molecule has 1 saturated heterocycles. The number of rotatable bonds is 5. The van der Waals surface area contributed by atoms with Crippen molar-refractivity contribution in [2.45, 2.75) is 44.3 Å². The minimum Gasteiger partial charge on any atom is -0.489 e. The third-order valence-corrected chi connectivity index (χ3v) is 6.81. The summed E-state index contributed by atoms with van der Waals surface area (Å²) in [6, 6.07) is 5.29. The van der Waals surface area contributed by atoms with Crippen LogP contribution in [0.25, 0.3) is 6.08 Å². The van der Waals surface area contributed by atoms with Crippen molar-refractivity contribution in [3.05, 3.63) is 46.7 Å². The van der Waals surface area contributed by atoms with E-state index in [-0.39, 0.29) is 35.8 Å². The molecule has 0 saturated carbocycles. The van der Waals surface area contributed by atoms with E-state index in [4.69, 9.17) is 9.47 Å². The molecule has 2 heterocycles. The predicted octanol–water partition coefficient (Wildman–Crippen LogP) is 1.66. The molecule has 8 nitrogen and oxygen atoms in total. The van der Waals surface area contributed by atoms with Crippen LogP contribution in [0, 0.1) is 0 Å². The van der Waals surface area contributed by atoms with Crippen molar-refractivity contribution in [3.63, 3.8) is 0 Å². The molecule has 3 aliphatic rings. The number of fused-ring (bicyclic) bond motifs is 2. The first-order valence-electron chi connectivity index (χ1n) is 9.85. The summed E-state index contributed by atoms with van der Waals surface area (Å²) in [5, 5.41) is 8.93. The van der Waals surface area contributed by atoms with Gasteiger partial charge in [0.25, 0.3) is 5.91 Å². The van der Waals surface area contributed by atoms with Gasteiger partial charge in [0.15, 0.2) is 11.9 Å². The first-order valence-corrected chi connectivity index (χ1v) is 11.2. The number of allylic oxidation sites excluding steroid dienone is 1. The van der Waals surface area contributed by atoms with Gasteiger partial charge in [0.2, 0.25) is 0 Å². The molecule has 1 aromatic carbocycles. The summed E-state index contributed by atoms with van der Waals surface area (Å²) in [6.45, 7) is 5.22. The van der Waals surface area contributed by atoms with Gasteiger partial charge in [-0.3, -0.25) is 18.7 Å². The van der Waals surface area contributed by atoms with Crippen molar-refractivity contribution in [1.82, 2.24) is 4.90 Å². The lowest BCUT2D eigenvalue weighted by Gasteiger charge is -2.50. The summed E-state index contributed by atoms with van der Waals surface area (Å²) in [6.07, 6.45) is 2.62. The Kier molecular flexibility index (Phi) is 5.35. The molecule has 0 radical (unpaired) electrons. The second-order valence-corrected chi connectivity index (χ2v) is 10.2. The molecule has 164 valence electrons. The lowest BCUT2D eigenvalue weighted by Crippen LogP contribution is -2.70. The molecule has 1 N–H and O–H groups in total. The number of hydrogen-bond acceptors (Lipinski definition) is 6. The Labute approximate surface area is 182 Å². The summed E-state index contributed by atoms with van der Waals surface area (Å²) >= 11 is 0. The average Bonchev–Trinajstić information content (AvgIpc) is 2.68. The normalized spacial score (nSPS) is 25.1. The Balaban J connectivity index is 1.56. The molecule has 1 aromatic rings. The van der Waals surface area contributed by atoms with Crippen molar-refractivity contribution in [1.29, 1.82) is 0 Å². The Morgan fingerprint density at radius 3 is 2.68 bits per heavy atom. The summed E-state index contributed by atoms with van der Waals surface area (Å²) in [4.78, 5) is 37.3. The van der Waals surface area contributed by atoms with E-state index in [9.17, 15) is 23.7 Å². The van der Waals surface area contributed by atoms with Gasteiger partial charge in [-0.25, -0.2) is 4.79 Å². The van der Waals surface area contributed by atoms with E-state index in [0.717, 1.165) is 16.0 Å². The number of ketones is 1. The van der Waals surface area contributed by atoms with Gasteiger partial charge in [0, 0.05) is 12.0 Å². The van der Waals surface area contributed by atoms with Crippen LogP contribution in [0.3, 0.4) is 0 Å². The lowest BCUT2D eigenvalue weighted by molar-refractivity contribution is -0.178. The Hall–Kier alpha value is -2.78. The van der Waals surface area contributed by atoms with E-state index in [1.54, 1.807) is 39.0 Å². The topological polar surface area (TPSA) is 110 Å². The van der Waals surface area contributed by atoms with Gasteiger partial charge < -0.3 is 14.6 Å². The number of nitrogens with zero attached hydrogens (tertiary/aromatic N) is 1. The molecule has 1 aliphatic carbocycles. The summed E-state index contributed by atoms with van der Waals surface area (Å²) in [5.74, 6) is -1.34. The van der Waals surface area contributed by atoms with Gasteiger partial charge in [-0.15, -0.1) is 0 Å². The van der Waals surface area contributed by atoms with Crippen LogP contribution >= 0.6 is 0 Å². The second kappa shape index (κ2) is 7.72. The molecule has 31 heavy (non-hydrogen) atoms. The van der Waals surface area contributed by atoms with E-state index in [0.29, 0.717) is 5.75 Å². The minimum atomic E-state index is -1.52. The maximum Gasteiger partial charge on any atom is 0.352 e. The van der Waals surface area contributed by atoms with Gasteiger partial charge >= 0.3 is 5.97 Å². The molecule has 1 fully saturated rings. The number of aliphatic carboxylic acids is 1. The van der Waals surface area contributed by atoms with Crippen molar-refractivity contribution in [2.24, 2.45) is 0 Å². The van der Waals surface area contributed by atoms with Crippen LogP contribution in [-0.4, -0.2) is 61.3 Å². The SMILES string of the molecule is CC(C)(C)O[C@H]1C(=O)N2C(C(=O)O)=C(COc3ccc4c(c3)CC(=O)C=C4)CS(=O)[C@H]12. The van der Waals surface area contributed by atoms with Gasteiger partial charge in [0.05, 0.1) is 22.2 Å². The predicted molar refractivity (Wildman–Crippen MR) is 113 cm³/mol. The monoisotopic (exact) mass is 445 g/mol. The number of hydrogen-bond donors (Lipinski definition) is 1. The molecule has 3 atom stereocenters. The quantitative estimate of drug-likeness (QED) is 0.686. The Morgan fingerprint density at radius 1 is 1.26 bits per heavy atom. The number of carboxylic acid groups (broad SMARTS) is 1. The van der Waals surface area contributed by atoms with Gasteiger partial charge in [-0.1, -0.05) is 12.1 Å². The van der Waals surface area contributed by atoms with Crippen molar-refractivity contribution in [2.75, 3.05) is 12.4 Å². The zero-order valence-electron chi connectivity index (χ0n) is 17.4. The molecule has 0 spiro atoms. The molecule has 9 heteroatoms. The Morgan fingerprint density at radius 2 is 2.00 bits per heavy atom. The van der Waals surface area contributed by atoms with Gasteiger partial charge in [0.1, 0.15) is 23.4 Å². The van der Waals surface area contributed by atoms with Crippen LogP contribution < -0.4 is 4.74 Å². The van der Waals surface area contributed by atoms with Gasteiger partial charge in [-0.2, -0.15) is 0 Å². The number of amides is 1. The first kappa shape index (κ1) is 21.5. The van der Waals surface area contributed by atoms with Crippen LogP contribution in [0.1, 0.15) is 31.9 Å². The van der Waals surface area contributed by atoms with E-state index in [2.05, 4.69) is 0 Å². The third kappa shape index (κ3) is 4.07. The van der Waals surface area contributed by atoms with E-state index in [1.807, 2.05) is 6.07 Å². The molecular weight excluding hydrogens is 422 g/mol. The third-order valence-electron chi connectivity index (χ3n) is 5.18. The lowest BCUT2D eigenvalue weighted by atomic mass is 9.96. The second-order valence-electron chi connectivity index (χ2n) is 8.66. The zero-order valence-corrected chi connectivity index (χ0v) is 18.2. The fraction of sp³-hybridized carbons (Fsp3) is 0.409. The van der Waals surface area contributed by atoms with Gasteiger partial charge in [-0.05, 0) is 50.1 Å². The van der Waals surface area contributed by atoms with E-state index in [1.165, 1.54) is 6.08 Å². The van der Waals surface area contributed by atoms with Crippen LogP contribution in [-0.2, 0) is 36.3 Å². The minimum absolute atomic E-state index is 0.00225. The Bertz CT molecular complexity index is 1070. The average molecular weight is 445 g/mol. The molecule has 0 bridgehead atoms. The highest BCUT2D eigenvalue weighted by Gasteiger charge is 2.58. The maximum atomic E-state index is 12.8. The maximum absolute atomic E-state index is 12.8. The highest BCUT2D eigenvalue weighted by atomic mass is 32.2. The molecular formula is C22H23NO7S. The summed E-state index contributed by atoms with van der Waals surface area (Å²) < 4.78 is 24.3. The fourth-order valence-corrected chi connectivity index (χ4v) is 5.49. The van der Waals surface area contributed by atoms with Crippen LogP contribution in [0.2, 0.25) is 0 Å². The fourth-order valence-electron chi connectivity index (χ4n) is 3.87. The van der Waals surface area contributed by atoms with E-state index >= 15 is 0 Å². The number of carbonyl (C=O) groups is 3. The highest BCUT2D eigenvalue weighted by Crippen LogP contribution is 2.38. The number of ether oxygens (including phenoxy) is 2. The molecule has 4 rings (SSSR count). The zero-order chi connectivity index (χ0) is 22.5. The number of carbonyl (C=O) groups excluding carboxylic acids is 2. The van der Waals surface area contributed by atoms with Crippen molar-refractivity contribution < 1.29 is 33.2 Å². The first-order chi connectivity index (χ1) is 14.5. The molecule has 1 amide bonds. The van der Waals surface area contributed by atoms with E-state index < -0.39 is 39.8 Å². The molecule has 1 unspecified atom stereocenters. The standard InChI is InChI=1S/C22H23NO7S/c1-22(2,3)30-18-19(25)23-17(21(26)27)14(11-31(28)20(18)23)10-29-16-7-5-12-4-6-15(24)8-13(12)9-16/h4-7,9,18,20H,8,10-11H2,1-3H3,(H,26,27)/t18-,20+,31?/m0/s1. The highest BCUT2D eigenvalue weighted by molar-refractivity contribution is 7.86. The van der Waals surface area contributed by atoms with Crippen LogP contribution in [0.5, 0.6) is 5.75 Å². The van der Waals surface area contributed by atoms with Crippen LogP contribution in [0.4, 0.5) is 0 Å². The largest absolute Gasteiger partial charge is 0.489 e. The van der Waals surface area contributed by atoms with Crippen LogP contribution in [0.15, 0.2) is 35.5 Å². The molecule has 0 aromatic heterocycles. The summed E-state index contributed by atoms with van der Waals surface area (Å²) in [7, 11) is -1.52.